The molecule has 0 bridgehead atoms. The third-order valence-electron chi connectivity index (χ3n) is 12.6. The largest absolute Gasteiger partial charge is 0.481 e. The summed E-state index contributed by atoms with van der Waals surface area (Å²) in [6, 6.07) is 13.5. The lowest BCUT2D eigenvalue weighted by Gasteiger charge is -2.49. The van der Waals surface area contributed by atoms with Gasteiger partial charge in [-0.15, -0.1) is 0 Å². The highest BCUT2D eigenvalue weighted by Crippen LogP contribution is 2.46. The molecule has 0 aliphatic carbocycles. The number of anilines is 1. The first-order valence-electron chi connectivity index (χ1n) is 19.0. The number of rotatable bonds is 8. The number of benzene rings is 3. The Bertz CT molecular complexity index is 2300. The van der Waals surface area contributed by atoms with E-state index in [-0.39, 0.29) is 17.5 Å². The van der Waals surface area contributed by atoms with Crippen LogP contribution >= 0.6 is 11.8 Å². The molecule has 3 aromatic carbocycles. The monoisotopic (exact) mass is 731 g/mol. The van der Waals surface area contributed by atoms with E-state index in [1.54, 1.807) is 17.8 Å². The van der Waals surface area contributed by atoms with Crippen LogP contribution in [-0.4, -0.2) is 65.9 Å². The summed E-state index contributed by atoms with van der Waals surface area (Å²) in [6.07, 6.45) is 9.16. The van der Waals surface area contributed by atoms with Crippen LogP contribution in [-0.2, 0) is 17.6 Å². The topological polar surface area (TPSA) is 80.9 Å². The van der Waals surface area contributed by atoms with E-state index in [4.69, 9.17) is 0 Å². The fourth-order valence-corrected chi connectivity index (χ4v) is 17.5. The Balaban J connectivity index is 1.57. The number of carboxylic acid groups (broad SMARTS) is 2. The molecule has 52 heavy (non-hydrogen) atoms. The van der Waals surface area contributed by atoms with Gasteiger partial charge in [0, 0.05) is 54.9 Å². The van der Waals surface area contributed by atoms with E-state index in [2.05, 4.69) is 81.8 Å². The van der Waals surface area contributed by atoms with Crippen LogP contribution in [0.4, 0.5) is 5.69 Å². The average molecular weight is 732 g/mol. The van der Waals surface area contributed by atoms with Gasteiger partial charge in [0.2, 0.25) is 5.36 Å². The minimum absolute atomic E-state index is 0.110. The van der Waals surface area contributed by atoms with Gasteiger partial charge in [0.1, 0.15) is 14.6 Å². The van der Waals surface area contributed by atoms with Crippen LogP contribution in [0.1, 0.15) is 105 Å². The number of allylic oxidation sites excluding steroid dienone is 2. The molecule has 0 aromatic heterocycles. The van der Waals surface area contributed by atoms with Gasteiger partial charge in [-0.25, -0.2) is 9.37 Å². The SMILES string of the molecule is CC1=CC(C)(C)N2CCCc3c2c1cc1c3[Si](C)(CCSCCC(=O)O)c2c3c4c(cc2=C1c1ccccc1C(=O)O)C(C)=CC(C)(C)[N+]=4CCC3. The lowest BCUT2D eigenvalue weighted by molar-refractivity contribution is -0.136. The van der Waals surface area contributed by atoms with Crippen molar-refractivity contribution in [2.24, 2.45) is 0 Å². The van der Waals surface area contributed by atoms with Crippen LogP contribution in [0.25, 0.3) is 16.7 Å². The number of hydrogen-bond acceptors (Lipinski definition) is 4. The van der Waals surface area contributed by atoms with Crippen molar-refractivity contribution >= 4 is 64.6 Å². The molecule has 0 saturated heterocycles. The van der Waals surface area contributed by atoms with Crippen molar-refractivity contribution in [3.8, 4) is 0 Å². The molecule has 5 aliphatic rings. The fourth-order valence-electron chi connectivity index (χ4n) is 10.6. The summed E-state index contributed by atoms with van der Waals surface area (Å²) in [6.45, 7) is 18.5. The average Bonchev–Trinajstić information content (AvgIpc) is 3.08. The maximum absolute atomic E-state index is 13.0. The number of carboxylic acids is 2. The minimum atomic E-state index is -2.58. The second kappa shape index (κ2) is 12.3. The van der Waals surface area contributed by atoms with Crippen molar-refractivity contribution in [2.75, 3.05) is 29.5 Å². The molecular weight excluding hydrogens is 681 g/mol. The quantitative estimate of drug-likeness (QED) is 0.170. The second-order valence-corrected chi connectivity index (χ2v) is 22.3. The van der Waals surface area contributed by atoms with Crippen LogP contribution in [0.15, 0.2) is 48.6 Å². The van der Waals surface area contributed by atoms with E-state index >= 15 is 0 Å². The van der Waals surface area contributed by atoms with Crippen molar-refractivity contribution < 1.29 is 19.8 Å². The number of hydrogen-bond donors (Lipinski definition) is 2. The number of carbonyl (C=O) groups is 2. The van der Waals surface area contributed by atoms with Gasteiger partial charge in [-0.2, -0.15) is 11.8 Å². The first kappa shape index (κ1) is 35.2. The van der Waals surface area contributed by atoms with Crippen molar-refractivity contribution in [3.63, 3.8) is 0 Å². The molecule has 0 fully saturated rings. The fraction of sp³-hybridized carbons (Fsp3) is 0.432. The molecule has 3 aromatic rings. The summed E-state index contributed by atoms with van der Waals surface area (Å²) in [5.41, 5.74) is 12.6. The molecule has 0 saturated carbocycles. The first-order valence-corrected chi connectivity index (χ1v) is 22.9. The summed E-state index contributed by atoms with van der Waals surface area (Å²) < 4.78 is 2.64. The molecule has 6 nitrogen and oxygen atoms in total. The maximum atomic E-state index is 13.0. The van der Waals surface area contributed by atoms with Gasteiger partial charge in [-0.3, -0.25) is 4.79 Å². The number of nitrogens with zero attached hydrogens (tertiary/aromatic N) is 2. The smallest absolute Gasteiger partial charge is 0.336 e. The Kier molecular flexibility index (Phi) is 8.34. The normalized spacial score (nSPS) is 21.7. The molecule has 5 aliphatic heterocycles. The number of thioether (sulfide) groups is 1. The highest BCUT2D eigenvalue weighted by molar-refractivity contribution is 7.99. The summed E-state index contributed by atoms with van der Waals surface area (Å²) >= 11 is 1.77. The van der Waals surface area contributed by atoms with E-state index in [1.807, 2.05) is 18.2 Å². The predicted molar refractivity (Wildman–Crippen MR) is 218 cm³/mol. The standard InChI is InChI=1S/C44H50N2O4SSi/c1-26-24-43(3,4)45-17-10-14-30-38(45)32(26)22-34-37(28-12-8-9-13-29(28)42(49)50)35-23-33-27(2)25-44(5,6)46-18-11-15-31(39(33)46)41(35)52(7,40(30)34)21-20-51-19-16-36(47)48/h8-9,12-13,22-25H,10-11,14-21H2,1-7H3,(H-,47,48,49,50)/p+1. The second-order valence-electron chi connectivity index (χ2n) is 16.9. The minimum Gasteiger partial charge on any atom is -0.481 e. The van der Waals surface area contributed by atoms with E-state index < -0.39 is 20.0 Å². The van der Waals surface area contributed by atoms with Crippen LogP contribution in [0.3, 0.4) is 0 Å². The Hall–Kier alpha value is -3.88. The first-order chi connectivity index (χ1) is 24.7. The molecule has 8 heteroatoms. The molecular formula is C44H51N2O4SSi+. The maximum Gasteiger partial charge on any atom is 0.336 e. The van der Waals surface area contributed by atoms with E-state index in [0.717, 1.165) is 61.7 Å². The third kappa shape index (κ3) is 5.22. The van der Waals surface area contributed by atoms with Crippen molar-refractivity contribution in [2.45, 2.75) is 97.3 Å². The summed E-state index contributed by atoms with van der Waals surface area (Å²) in [7, 11) is -2.58. The lowest BCUT2D eigenvalue weighted by atomic mass is 9.80. The van der Waals surface area contributed by atoms with Crippen molar-refractivity contribution in [3.05, 3.63) is 98.1 Å². The molecule has 0 spiro atoms. The van der Waals surface area contributed by atoms with Crippen LogP contribution in [0, 0.1) is 0 Å². The van der Waals surface area contributed by atoms with Gasteiger partial charge in [-0.05, 0) is 132 Å². The molecule has 0 amide bonds. The molecule has 8 rings (SSSR count). The molecule has 1 unspecified atom stereocenters. The third-order valence-corrected chi connectivity index (χ3v) is 18.6. The molecule has 5 heterocycles. The molecule has 0 radical (unpaired) electrons. The molecule has 1 atom stereocenters. The Labute approximate surface area is 312 Å². The highest BCUT2D eigenvalue weighted by atomic mass is 32.2. The van der Waals surface area contributed by atoms with Crippen LogP contribution < -0.4 is 30.4 Å². The number of aliphatic carboxylic acids is 1. The van der Waals surface area contributed by atoms with Crippen LogP contribution in [0.2, 0.25) is 12.6 Å². The summed E-state index contributed by atoms with van der Waals surface area (Å²) in [5.74, 6) is -0.150. The summed E-state index contributed by atoms with van der Waals surface area (Å²) in [4.78, 5) is 27.2. The predicted octanol–water partition coefficient (Wildman–Crippen LogP) is 5.93. The van der Waals surface area contributed by atoms with Gasteiger partial charge in [0.15, 0.2) is 5.54 Å². The Morgan fingerprint density at radius 3 is 2.37 bits per heavy atom. The van der Waals surface area contributed by atoms with Crippen molar-refractivity contribution in [1.82, 2.24) is 4.58 Å². The molecule has 2 N–H and O–H groups in total. The summed E-state index contributed by atoms with van der Waals surface area (Å²) in [5, 5.41) is 25.7. The Morgan fingerprint density at radius 1 is 0.885 bits per heavy atom. The zero-order chi connectivity index (χ0) is 36.9. The van der Waals surface area contributed by atoms with Gasteiger partial charge in [-0.1, -0.05) is 30.8 Å². The van der Waals surface area contributed by atoms with Gasteiger partial charge in [0.05, 0.1) is 17.5 Å². The lowest BCUT2D eigenvalue weighted by Crippen LogP contribution is -2.70. The zero-order valence-electron chi connectivity index (χ0n) is 31.7. The van der Waals surface area contributed by atoms with E-state index in [0.29, 0.717) is 11.3 Å². The van der Waals surface area contributed by atoms with Gasteiger partial charge < -0.3 is 15.1 Å². The van der Waals surface area contributed by atoms with Gasteiger partial charge >= 0.3 is 11.9 Å². The van der Waals surface area contributed by atoms with E-state index in [1.165, 1.54) is 65.6 Å². The van der Waals surface area contributed by atoms with Gasteiger partial charge in [0.25, 0.3) is 0 Å². The number of aromatic carboxylic acids is 1. The van der Waals surface area contributed by atoms with Crippen molar-refractivity contribution in [1.29, 1.82) is 0 Å². The zero-order valence-corrected chi connectivity index (χ0v) is 33.5. The Morgan fingerprint density at radius 2 is 1.62 bits per heavy atom. The van der Waals surface area contributed by atoms with E-state index in [9.17, 15) is 19.8 Å². The molecule has 270 valence electrons. The van der Waals surface area contributed by atoms with Crippen LogP contribution in [0.5, 0.6) is 0 Å². The highest BCUT2D eigenvalue weighted by Gasteiger charge is 2.48. The number of fused-ring (bicyclic) bond motifs is 4.